The number of piperazine rings is 1. The van der Waals surface area contributed by atoms with Gasteiger partial charge in [0.05, 0.1) is 12.8 Å². The van der Waals surface area contributed by atoms with Crippen molar-refractivity contribution < 1.29 is 14.3 Å². The average Bonchev–Trinajstić information content (AvgIpc) is 2.72. The predicted octanol–water partition coefficient (Wildman–Crippen LogP) is 1.19. The summed E-state index contributed by atoms with van der Waals surface area (Å²) in [6.07, 6.45) is 3.41. The Hall–Kier alpha value is -3.16. The van der Waals surface area contributed by atoms with Gasteiger partial charge >= 0.3 is 0 Å². The summed E-state index contributed by atoms with van der Waals surface area (Å²) in [7, 11) is 1.55. The molecular formula is C19H23N5O3. The highest BCUT2D eigenvalue weighted by atomic mass is 16.5. The molecule has 8 nitrogen and oxygen atoms in total. The number of hydrogen-bond acceptors (Lipinski definition) is 6. The molecule has 1 saturated heterocycles. The fraction of sp³-hybridized carbons (Fsp3) is 0.368. The first-order chi connectivity index (χ1) is 13.1. The van der Waals surface area contributed by atoms with E-state index in [1.54, 1.807) is 42.6 Å². The summed E-state index contributed by atoms with van der Waals surface area (Å²) in [6.45, 7) is 3.88. The molecule has 0 spiro atoms. The highest BCUT2D eigenvalue weighted by molar-refractivity contribution is 5.98. The first-order valence-corrected chi connectivity index (χ1v) is 8.81. The molecule has 0 unspecified atom stereocenters. The molecule has 142 valence electrons. The van der Waals surface area contributed by atoms with Gasteiger partial charge in [0.1, 0.15) is 12.3 Å². The van der Waals surface area contributed by atoms with Crippen LogP contribution in [0.3, 0.4) is 0 Å². The van der Waals surface area contributed by atoms with Crippen molar-refractivity contribution in [2.24, 2.45) is 0 Å². The first-order valence-electron chi connectivity index (χ1n) is 8.81. The van der Waals surface area contributed by atoms with Crippen molar-refractivity contribution in [2.75, 3.05) is 49.6 Å². The molecule has 27 heavy (non-hydrogen) atoms. The Balaban J connectivity index is 1.64. The van der Waals surface area contributed by atoms with Gasteiger partial charge in [-0.15, -0.1) is 0 Å². The number of ether oxygens (including phenoxy) is 1. The lowest BCUT2D eigenvalue weighted by Gasteiger charge is -2.35. The summed E-state index contributed by atoms with van der Waals surface area (Å²) < 4.78 is 5.33. The molecule has 0 aliphatic carbocycles. The fourth-order valence-electron chi connectivity index (χ4n) is 3.06. The van der Waals surface area contributed by atoms with Gasteiger partial charge in [0.15, 0.2) is 0 Å². The van der Waals surface area contributed by atoms with Crippen LogP contribution in [0.25, 0.3) is 0 Å². The molecule has 0 atom stereocenters. The van der Waals surface area contributed by atoms with Gasteiger partial charge in [-0.1, -0.05) is 12.1 Å². The Bertz CT molecular complexity index is 791. The van der Waals surface area contributed by atoms with Gasteiger partial charge in [0.2, 0.25) is 17.8 Å². The third-order valence-electron chi connectivity index (χ3n) is 4.52. The number of anilines is 2. The first kappa shape index (κ1) is 18.6. The number of carbonyl (C=O) groups excluding carboxylic acids is 2. The Morgan fingerprint density at radius 1 is 1.07 bits per heavy atom. The van der Waals surface area contributed by atoms with Crippen LogP contribution in [0.5, 0.6) is 5.75 Å². The maximum Gasteiger partial charge on any atom is 0.242 e. The zero-order valence-corrected chi connectivity index (χ0v) is 15.5. The predicted molar refractivity (Wildman–Crippen MR) is 102 cm³/mol. The van der Waals surface area contributed by atoms with E-state index < -0.39 is 0 Å². The lowest BCUT2D eigenvalue weighted by Crippen LogP contribution is -2.52. The largest absolute Gasteiger partial charge is 0.495 e. The van der Waals surface area contributed by atoms with Gasteiger partial charge in [-0.05, 0) is 18.2 Å². The summed E-state index contributed by atoms with van der Waals surface area (Å²) in [5, 5.41) is 0. The molecule has 8 heteroatoms. The van der Waals surface area contributed by atoms with E-state index in [2.05, 4.69) is 9.97 Å². The highest BCUT2D eigenvalue weighted by Gasteiger charge is 2.26. The summed E-state index contributed by atoms with van der Waals surface area (Å²) >= 11 is 0. The minimum Gasteiger partial charge on any atom is -0.495 e. The van der Waals surface area contributed by atoms with E-state index in [-0.39, 0.29) is 18.4 Å². The summed E-state index contributed by atoms with van der Waals surface area (Å²) in [6, 6.07) is 8.97. The SMILES string of the molecule is COc1ccccc1N(CC(=O)N1CCN(c2ncccn2)CC1)C(C)=O. The van der Waals surface area contributed by atoms with Crippen LogP contribution in [0.15, 0.2) is 42.7 Å². The Morgan fingerprint density at radius 2 is 1.74 bits per heavy atom. The standard InChI is InChI=1S/C19H23N5O3/c1-15(25)24(16-6-3-4-7-17(16)27-2)14-18(26)22-10-12-23(13-11-22)19-20-8-5-9-21-19/h3-9H,10-14H2,1-2H3. The van der Waals surface area contributed by atoms with Crippen molar-refractivity contribution >= 4 is 23.5 Å². The van der Waals surface area contributed by atoms with E-state index in [1.165, 1.54) is 11.8 Å². The molecule has 2 aromatic rings. The van der Waals surface area contributed by atoms with Crippen molar-refractivity contribution in [3.63, 3.8) is 0 Å². The van der Waals surface area contributed by atoms with Crippen molar-refractivity contribution in [1.29, 1.82) is 0 Å². The number of para-hydroxylation sites is 2. The molecule has 2 amide bonds. The van der Waals surface area contributed by atoms with Crippen LogP contribution in [0.4, 0.5) is 11.6 Å². The van der Waals surface area contributed by atoms with E-state index in [4.69, 9.17) is 4.74 Å². The topological polar surface area (TPSA) is 78.9 Å². The van der Waals surface area contributed by atoms with Crippen LogP contribution in [-0.4, -0.2) is 66.5 Å². The van der Waals surface area contributed by atoms with Crippen LogP contribution < -0.4 is 14.5 Å². The number of nitrogens with zero attached hydrogens (tertiary/aromatic N) is 5. The molecule has 0 saturated carbocycles. The summed E-state index contributed by atoms with van der Waals surface area (Å²) in [5.74, 6) is 0.935. The van der Waals surface area contributed by atoms with E-state index in [1.807, 2.05) is 17.0 Å². The second-order valence-electron chi connectivity index (χ2n) is 6.19. The van der Waals surface area contributed by atoms with Crippen LogP contribution in [-0.2, 0) is 9.59 Å². The van der Waals surface area contributed by atoms with Crippen LogP contribution >= 0.6 is 0 Å². The van der Waals surface area contributed by atoms with Crippen molar-refractivity contribution in [3.05, 3.63) is 42.7 Å². The minimum absolute atomic E-state index is 0.0163. The van der Waals surface area contributed by atoms with Gasteiger partial charge < -0.3 is 14.5 Å². The number of methoxy groups -OCH3 is 1. The second-order valence-corrected chi connectivity index (χ2v) is 6.19. The molecule has 0 N–H and O–H groups in total. The zero-order valence-electron chi connectivity index (χ0n) is 15.5. The van der Waals surface area contributed by atoms with E-state index in [0.29, 0.717) is 43.6 Å². The smallest absolute Gasteiger partial charge is 0.242 e. The maximum absolute atomic E-state index is 12.8. The summed E-state index contributed by atoms with van der Waals surface area (Å²) in [4.78, 5) is 38.7. The number of benzene rings is 1. The highest BCUT2D eigenvalue weighted by Crippen LogP contribution is 2.27. The Kier molecular flexibility index (Phi) is 5.85. The third kappa shape index (κ3) is 4.33. The number of carbonyl (C=O) groups is 2. The molecule has 3 rings (SSSR count). The van der Waals surface area contributed by atoms with Gasteiger partial charge in [0.25, 0.3) is 0 Å². The molecule has 1 aliphatic heterocycles. The number of rotatable bonds is 5. The van der Waals surface area contributed by atoms with Crippen molar-refractivity contribution in [2.45, 2.75) is 6.92 Å². The molecule has 1 aliphatic rings. The van der Waals surface area contributed by atoms with Crippen LogP contribution in [0.1, 0.15) is 6.92 Å². The quantitative estimate of drug-likeness (QED) is 0.788. The normalized spacial score (nSPS) is 14.0. The summed E-state index contributed by atoms with van der Waals surface area (Å²) in [5.41, 5.74) is 0.595. The van der Waals surface area contributed by atoms with Gasteiger partial charge in [-0.25, -0.2) is 9.97 Å². The van der Waals surface area contributed by atoms with E-state index >= 15 is 0 Å². The van der Waals surface area contributed by atoms with Crippen LogP contribution in [0.2, 0.25) is 0 Å². The molecule has 1 aromatic carbocycles. The fourth-order valence-corrected chi connectivity index (χ4v) is 3.06. The molecule has 0 radical (unpaired) electrons. The van der Waals surface area contributed by atoms with E-state index in [9.17, 15) is 9.59 Å². The van der Waals surface area contributed by atoms with Gasteiger partial charge in [-0.2, -0.15) is 0 Å². The Morgan fingerprint density at radius 3 is 2.37 bits per heavy atom. The molecular weight excluding hydrogens is 346 g/mol. The second kappa shape index (κ2) is 8.48. The molecule has 2 heterocycles. The molecule has 1 fully saturated rings. The Labute approximate surface area is 158 Å². The van der Waals surface area contributed by atoms with Crippen molar-refractivity contribution in [3.8, 4) is 5.75 Å². The maximum atomic E-state index is 12.8. The lowest BCUT2D eigenvalue weighted by atomic mass is 10.2. The molecule has 0 bridgehead atoms. The van der Waals surface area contributed by atoms with Crippen LogP contribution in [0, 0.1) is 0 Å². The number of hydrogen-bond donors (Lipinski definition) is 0. The minimum atomic E-state index is -0.204. The van der Waals surface area contributed by atoms with Crippen molar-refractivity contribution in [1.82, 2.24) is 14.9 Å². The van der Waals surface area contributed by atoms with Gasteiger partial charge in [0, 0.05) is 45.5 Å². The monoisotopic (exact) mass is 369 g/mol. The third-order valence-corrected chi connectivity index (χ3v) is 4.52. The average molecular weight is 369 g/mol. The molecule has 1 aromatic heterocycles. The van der Waals surface area contributed by atoms with E-state index in [0.717, 1.165) is 0 Å². The number of amides is 2. The van der Waals surface area contributed by atoms with Gasteiger partial charge in [-0.3, -0.25) is 14.5 Å². The lowest BCUT2D eigenvalue weighted by molar-refractivity contribution is -0.131. The zero-order chi connectivity index (χ0) is 19.2. The number of aromatic nitrogens is 2.